The molecule has 2 heteroatoms. The summed E-state index contributed by atoms with van der Waals surface area (Å²) in [6.45, 7) is 10.5. The zero-order valence-corrected chi connectivity index (χ0v) is 4.20. The van der Waals surface area contributed by atoms with Gasteiger partial charge >= 0.3 is 0 Å². The molecule has 0 bridgehead atoms. The summed E-state index contributed by atoms with van der Waals surface area (Å²) < 4.78 is 0. The second kappa shape index (κ2) is 1.90. The molecule has 0 saturated carbocycles. The van der Waals surface area contributed by atoms with E-state index in [1.165, 1.54) is 12.5 Å². The molecule has 0 aliphatic rings. The lowest BCUT2D eigenvalue weighted by Crippen LogP contribution is -1.85. The van der Waals surface area contributed by atoms with Gasteiger partial charge in [-0.05, 0) is 5.56 Å². The molecule has 4 radical (unpaired) electrons. The van der Waals surface area contributed by atoms with Crippen molar-refractivity contribution in [3.05, 3.63) is 37.6 Å². The molecule has 38 valence electrons. The van der Waals surface area contributed by atoms with Gasteiger partial charge in [0, 0.05) is 20.0 Å². The van der Waals surface area contributed by atoms with Crippen molar-refractivity contribution >= 4 is 0 Å². The predicted octanol–water partition coefficient (Wildman–Crippen LogP) is 0.595. The highest BCUT2D eigenvalue weighted by molar-refractivity contribution is 5.20. The van der Waals surface area contributed by atoms with Crippen molar-refractivity contribution in [2.24, 2.45) is 0 Å². The minimum Gasteiger partial charge on any atom is -0.245 e. The third-order valence-corrected chi connectivity index (χ3v) is 0.773. The molecule has 1 aromatic heterocycles. The summed E-state index contributed by atoms with van der Waals surface area (Å²) in [6.07, 6.45) is 2.81. The molecule has 8 heavy (non-hydrogen) atoms. The molecule has 0 fully saturated rings. The molecule has 0 spiro atoms. The van der Waals surface area contributed by atoms with Crippen LogP contribution in [-0.4, -0.2) is 9.97 Å². The Balaban J connectivity index is 3.13. The first-order chi connectivity index (χ1) is 3.80. The highest BCUT2D eigenvalue weighted by Crippen LogP contribution is 1.95. The molecule has 0 aliphatic heterocycles. The van der Waals surface area contributed by atoms with Crippen molar-refractivity contribution in [3.63, 3.8) is 0 Å². The van der Waals surface area contributed by atoms with Crippen molar-refractivity contribution in [1.29, 1.82) is 0 Å². The van der Waals surface area contributed by atoms with Gasteiger partial charge in [0.25, 0.3) is 0 Å². The molecule has 0 unspecified atom stereocenters. The Kier molecular flexibility index (Phi) is 1.24. The summed E-state index contributed by atoms with van der Waals surface area (Å²) in [7, 11) is 0. The quantitative estimate of drug-likeness (QED) is 0.481. The second-order valence-corrected chi connectivity index (χ2v) is 1.36. The van der Waals surface area contributed by atoms with Gasteiger partial charge in [-0.2, -0.15) is 0 Å². The molecule has 0 N–H and O–H groups in total. The van der Waals surface area contributed by atoms with E-state index in [-0.39, 0.29) is 0 Å². The summed E-state index contributed by atoms with van der Waals surface area (Å²) in [6, 6.07) is 0. The summed E-state index contributed by atoms with van der Waals surface area (Å²) in [5, 5.41) is 0. The van der Waals surface area contributed by atoms with Crippen molar-refractivity contribution in [1.82, 2.24) is 9.97 Å². The maximum atomic E-state index is 5.27. The van der Waals surface area contributed by atoms with Crippen molar-refractivity contribution in [2.45, 2.75) is 0 Å². The molecule has 2 nitrogen and oxygen atoms in total. The minimum atomic E-state index is 0.333. The summed E-state index contributed by atoms with van der Waals surface area (Å²) in [5.74, 6) is 0. The second-order valence-electron chi connectivity index (χ2n) is 1.36. The first-order valence-electron chi connectivity index (χ1n) is 2.11. The number of hydrogen-bond acceptors (Lipinski definition) is 2. The number of nitrogens with zero attached hydrogens (tertiary/aromatic N) is 2. The summed E-state index contributed by atoms with van der Waals surface area (Å²) in [4.78, 5) is 7.25. The van der Waals surface area contributed by atoms with Gasteiger partial charge in [-0.15, -0.1) is 0 Å². The van der Waals surface area contributed by atoms with Crippen molar-refractivity contribution < 1.29 is 0 Å². The van der Waals surface area contributed by atoms with Crippen LogP contribution >= 0.6 is 0 Å². The monoisotopic (exact) mass is 104 g/mol. The molecule has 1 rings (SSSR count). The van der Waals surface area contributed by atoms with Gasteiger partial charge in [0.05, 0.1) is 5.69 Å². The molecule has 0 amide bonds. The van der Waals surface area contributed by atoms with Gasteiger partial charge < -0.3 is 0 Å². The van der Waals surface area contributed by atoms with Crippen LogP contribution in [0.5, 0.6) is 0 Å². The van der Waals surface area contributed by atoms with Gasteiger partial charge in [-0.3, -0.25) is 0 Å². The highest BCUT2D eigenvalue weighted by Gasteiger charge is 1.87. The van der Waals surface area contributed by atoms with Crippen LogP contribution in [0.15, 0.2) is 12.5 Å². The molecule has 0 saturated heterocycles. The van der Waals surface area contributed by atoms with Gasteiger partial charge in [0.2, 0.25) is 0 Å². The van der Waals surface area contributed by atoms with Crippen LogP contribution in [0.1, 0.15) is 11.3 Å². The molecule has 0 atom stereocenters. The van der Waals surface area contributed by atoms with Gasteiger partial charge in [-0.1, -0.05) is 0 Å². The first-order valence-corrected chi connectivity index (χ1v) is 2.11. The van der Waals surface area contributed by atoms with E-state index < -0.39 is 0 Å². The Morgan fingerprint density at radius 3 is 2.50 bits per heavy atom. The molecule has 0 aliphatic carbocycles. The van der Waals surface area contributed by atoms with Crippen LogP contribution in [0.2, 0.25) is 0 Å². The van der Waals surface area contributed by atoms with Crippen molar-refractivity contribution in [3.8, 4) is 0 Å². The van der Waals surface area contributed by atoms with Crippen LogP contribution in [0, 0.1) is 13.8 Å². The largest absolute Gasteiger partial charge is 0.245 e. The van der Waals surface area contributed by atoms with Crippen LogP contribution in [0.4, 0.5) is 0 Å². The normalized spacial score (nSPS) is 9.25. The fourth-order valence-electron chi connectivity index (χ4n) is 0.350. The Labute approximate surface area is 48.6 Å². The average Bonchev–Trinajstić information content (AvgIpc) is 1.77. The SMILES string of the molecule is [CH]c1cncnc1[CH]. The van der Waals surface area contributed by atoms with E-state index in [1.807, 2.05) is 0 Å². The Bertz CT molecular complexity index is 163. The van der Waals surface area contributed by atoms with Gasteiger partial charge in [0.1, 0.15) is 6.33 Å². The predicted molar refractivity (Wildman–Crippen MR) is 28.8 cm³/mol. The molecule has 0 aromatic carbocycles. The maximum Gasteiger partial charge on any atom is 0.115 e. The smallest absolute Gasteiger partial charge is 0.115 e. The summed E-state index contributed by atoms with van der Waals surface area (Å²) in [5.41, 5.74) is 0.757. The van der Waals surface area contributed by atoms with Gasteiger partial charge in [-0.25, -0.2) is 9.97 Å². The van der Waals surface area contributed by atoms with E-state index in [4.69, 9.17) is 13.8 Å². The lowest BCUT2D eigenvalue weighted by atomic mass is 10.3. The van der Waals surface area contributed by atoms with Crippen LogP contribution in [0.25, 0.3) is 0 Å². The maximum absolute atomic E-state index is 5.27. The van der Waals surface area contributed by atoms with E-state index >= 15 is 0 Å². The van der Waals surface area contributed by atoms with Crippen LogP contribution in [-0.2, 0) is 0 Å². The lowest BCUT2D eigenvalue weighted by molar-refractivity contribution is 1.12. The standard InChI is InChI=1S/C6H4N2/c1-5-3-7-4-8-6(5)2/h1-4H. The van der Waals surface area contributed by atoms with E-state index in [1.54, 1.807) is 0 Å². The highest BCUT2D eigenvalue weighted by atomic mass is 14.8. The van der Waals surface area contributed by atoms with E-state index in [2.05, 4.69) is 9.97 Å². The average molecular weight is 104 g/mol. The topological polar surface area (TPSA) is 25.8 Å². The van der Waals surface area contributed by atoms with Crippen LogP contribution < -0.4 is 0 Å². The van der Waals surface area contributed by atoms with E-state index in [9.17, 15) is 0 Å². The zero-order valence-electron chi connectivity index (χ0n) is 4.20. The number of aromatic nitrogens is 2. The minimum absolute atomic E-state index is 0.333. The molecular formula is C6H4N2. The first kappa shape index (κ1) is 5.22. The Morgan fingerprint density at radius 1 is 1.38 bits per heavy atom. The summed E-state index contributed by atoms with van der Waals surface area (Å²) >= 11 is 0. The van der Waals surface area contributed by atoms with Crippen molar-refractivity contribution in [2.75, 3.05) is 0 Å². The third kappa shape index (κ3) is 0.832. The van der Waals surface area contributed by atoms with E-state index in [0.717, 1.165) is 0 Å². The fraction of sp³-hybridized carbons (Fsp3) is 0. The third-order valence-electron chi connectivity index (χ3n) is 0.773. The lowest BCUT2D eigenvalue weighted by Gasteiger charge is -1.90. The Morgan fingerprint density at radius 2 is 2.12 bits per heavy atom. The number of rotatable bonds is 0. The zero-order chi connectivity index (χ0) is 5.98. The fourth-order valence-corrected chi connectivity index (χ4v) is 0.350. The van der Waals surface area contributed by atoms with Gasteiger partial charge in [0.15, 0.2) is 0 Å². The van der Waals surface area contributed by atoms with Crippen LogP contribution in [0.3, 0.4) is 0 Å². The molecule has 1 heterocycles. The molecule has 1 aromatic rings. The Hall–Kier alpha value is -0.920. The molecular weight excluding hydrogens is 100 g/mol. The van der Waals surface area contributed by atoms with E-state index in [0.29, 0.717) is 11.3 Å². The number of hydrogen-bond donors (Lipinski definition) is 0.